The van der Waals surface area contributed by atoms with Crippen LogP contribution in [-0.4, -0.2) is 17.5 Å². The first-order chi connectivity index (χ1) is 10.6. The minimum Gasteiger partial charge on any atom is -0.322 e. The van der Waals surface area contributed by atoms with Gasteiger partial charge in [-0.1, -0.05) is 36.4 Å². The van der Waals surface area contributed by atoms with Gasteiger partial charge in [-0.15, -0.1) is 0 Å². The van der Waals surface area contributed by atoms with Crippen LogP contribution in [0.2, 0.25) is 0 Å². The summed E-state index contributed by atoms with van der Waals surface area (Å²) in [7, 11) is 0. The number of halogens is 1. The van der Waals surface area contributed by atoms with Gasteiger partial charge in [0, 0.05) is 12.8 Å². The van der Waals surface area contributed by atoms with Crippen molar-refractivity contribution in [3.63, 3.8) is 0 Å². The zero-order valence-corrected chi connectivity index (χ0v) is 11.7. The number of hydrogen-bond donors (Lipinski definition) is 1. The van der Waals surface area contributed by atoms with Crippen molar-refractivity contribution < 1.29 is 14.0 Å². The smallest absolute Gasteiger partial charge is 0.322 e. The van der Waals surface area contributed by atoms with Gasteiger partial charge in [0.05, 0.1) is 5.69 Å². The van der Waals surface area contributed by atoms with Crippen LogP contribution in [-0.2, 0) is 17.6 Å². The van der Waals surface area contributed by atoms with Gasteiger partial charge in [-0.25, -0.2) is 14.1 Å². The molecule has 2 aromatic rings. The summed E-state index contributed by atoms with van der Waals surface area (Å²) in [5, 5.41) is 2.77. The normalized spacial score (nSPS) is 18.7. The summed E-state index contributed by atoms with van der Waals surface area (Å²) in [6, 6.07) is 13.0. The SMILES string of the molecule is O=C1NC2(Cc3ccccc3C2)C(=O)N1c1ccccc1F. The third kappa shape index (κ3) is 1.68. The van der Waals surface area contributed by atoms with Gasteiger partial charge >= 0.3 is 6.03 Å². The Hall–Kier alpha value is -2.69. The van der Waals surface area contributed by atoms with E-state index in [0.717, 1.165) is 16.0 Å². The van der Waals surface area contributed by atoms with Gasteiger partial charge in [-0.3, -0.25) is 4.79 Å². The van der Waals surface area contributed by atoms with Gasteiger partial charge in [0.2, 0.25) is 0 Å². The lowest BCUT2D eigenvalue weighted by atomic mass is 9.96. The maximum absolute atomic E-state index is 14.0. The van der Waals surface area contributed by atoms with Crippen LogP contribution in [0.5, 0.6) is 0 Å². The standard InChI is InChI=1S/C17H13FN2O2/c18-13-7-3-4-8-14(13)20-15(21)17(19-16(20)22)9-11-5-1-2-6-12(11)10-17/h1-8H,9-10H2,(H,19,22). The van der Waals surface area contributed by atoms with Crippen molar-refractivity contribution in [2.45, 2.75) is 18.4 Å². The van der Waals surface area contributed by atoms with Gasteiger partial charge in [-0.2, -0.15) is 0 Å². The predicted octanol–water partition coefficient (Wildman–Crippen LogP) is 2.42. The van der Waals surface area contributed by atoms with Gasteiger partial charge in [0.1, 0.15) is 11.4 Å². The second kappa shape index (κ2) is 4.40. The molecule has 1 heterocycles. The molecule has 110 valence electrons. The van der Waals surface area contributed by atoms with E-state index in [0.29, 0.717) is 12.8 Å². The van der Waals surface area contributed by atoms with Gasteiger partial charge < -0.3 is 5.32 Å². The molecule has 1 N–H and O–H groups in total. The fourth-order valence-electron chi connectivity index (χ4n) is 3.33. The first-order valence-electron chi connectivity index (χ1n) is 7.09. The summed E-state index contributed by atoms with van der Waals surface area (Å²) < 4.78 is 14.0. The fraction of sp³-hybridized carbons (Fsp3) is 0.176. The van der Waals surface area contributed by atoms with E-state index in [1.807, 2.05) is 24.3 Å². The molecule has 0 bridgehead atoms. The van der Waals surface area contributed by atoms with Crippen molar-refractivity contribution in [1.82, 2.24) is 5.32 Å². The number of imide groups is 1. The van der Waals surface area contributed by atoms with Gasteiger partial charge in [0.25, 0.3) is 5.91 Å². The fourth-order valence-corrected chi connectivity index (χ4v) is 3.33. The van der Waals surface area contributed by atoms with Crippen LogP contribution in [0.4, 0.5) is 14.9 Å². The Morgan fingerprint density at radius 3 is 2.18 bits per heavy atom. The summed E-state index contributed by atoms with van der Waals surface area (Å²) in [4.78, 5) is 26.0. The molecule has 4 rings (SSSR count). The Bertz CT molecular complexity index is 778. The molecule has 0 unspecified atom stereocenters. The number of rotatable bonds is 1. The van der Waals surface area contributed by atoms with Crippen LogP contribution >= 0.6 is 0 Å². The maximum atomic E-state index is 14.0. The summed E-state index contributed by atoms with van der Waals surface area (Å²) in [6.45, 7) is 0. The molecule has 0 atom stereocenters. The second-order valence-electron chi connectivity index (χ2n) is 5.73. The zero-order valence-electron chi connectivity index (χ0n) is 11.7. The molecule has 5 heteroatoms. The van der Waals surface area contributed by atoms with E-state index in [9.17, 15) is 14.0 Å². The largest absolute Gasteiger partial charge is 0.329 e. The average molecular weight is 296 g/mol. The van der Waals surface area contributed by atoms with E-state index in [1.165, 1.54) is 18.2 Å². The molecule has 1 saturated heterocycles. The lowest BCUT2D eigenvalue weighted by Gasteiger charge is -2.20. The number of fused-ring (bicyclic) bond motifs is 1. The number of hydrogen-bond acceptors (Lipinski definition) is 2. The van der Waals surface area contributed by atoms with Gasteiger partial charge in [0.15, 0.2) is 0 Å². The Morgan fingerprint density at radius 2 is 1.55 bits per heavy atom. The molecule has 1 aliphatic carbocycles. The number of anilines is 1. The number of benzene rings is 2. The second-order valence-corrected chi connectivity index (χ2v) is 5.73. The molecule has 1 spiro atoms. The molecule has 0 aromatic heterocycles. The summed E-state index contributed by atoms with van der Waals surface area (Å²) in [5.74, 6) is -0.975. The van der Waals surface area contributed by atoms with Crippen molar-refractivity contribution in [2.24, 2.45) is 0 Å². The lowest BCUT2D eigenvalue weighted by molar-refractivity contribution is -0.121. The van der Waals surface area contributed by atoms with Crippen molar-refractivity contribution in [3.8, 4) is 0 Å². The average Bonchev–Trinajstić information content (AvgIpc) is 2.98. The molecule has 4 nitrogen and oxygen atoms in total. The van der Waals surface area contributed by atoms with E-state index in [-0.39, 0.29) is 11.6 Å². The highest BCUT2D eigenvalue weighted by Gasteiger charge is 2.54. The van der Waals surface area contributed by atoms with Crippen molar-refractivity contribution in [2.75, 3.05) is 4.90 Å². The van der Waals surface area contributed by atoms with Crippen LogP contribution < -0.4 is 10.2 Å². The minimum absolute atomic E-state index is 0.00201. The Labute approximate surface area is 126 Å². The van der Waals surface area contributed by atoms with Crippen LogP contribution in [0.1, 0.15) is 11.1 Å². The van der Waals surface area contributed by atoms with Crippen molar-refractivity contribution in [3.05, 3.63) is 65.5 Å². The van der Waals surface area contributed by atoms with Gasteiger partial charge in [-0.05, 0) is 23.3 Å². The van der Waals surface area contributed by atoms with Crippen LogP contribution in [0, 0.1) is 5.82 Å². The number of nitrogens with one attached hydrogen (secondary N) is 1. The number of carbonyl (C=O) groups excluding carboxylic acids is 2. The molecule has 3 amide bonds. The Morgan fingerprint density at radius 1 is 0.955 bits per heavy atom. The van der Waals surface area contributed by atoms with E-state index in [1.54, 1.807) is 6.07 Å². The van der Waals surface area contributed by atoms with Crippen molar-refractivity contribution in [1.29, 1.82) is 0 Å². The van der Waals surface area contributed by atoms with E-state index in [4.69, 9.17) is 0 Å². The van der Waals surface area contributed by atoms with Crippen LogP contribution in [0.15, 0.2) is 48.5 Å². The predicted molar refractivity (Wildman–Crippen MR) is 79.0 cm³/mol. The molecular formula is C17H13FN2O2. The number of urea groups is 1. The van der Waals surface area contributed by atoms with E-state index in [2.05, 4.69) is 5.32 Å². The zero-order chi connectivity index (χ0) is 15.3. The molecular weight excluding hydrogens is 283 g/mol. The van der Waals surface area contributed by atoms with E-state index >= 15 is 0 Å². The number of nitrogens with zero attached hydrogens (tertiary/aromatic N) is 1. The quantitative estimate of drug-likeness (QED) is 0.822. The first kappa shape index (κ1) is 13.0. The molecule has 0 saturated carbocycles. The monoisotopic (exact) mass is 296 g/mol. The minimum atomic E-state index is -0.983. The molecule has 0 radical (unpaired) electrons. The highest BCUT2D eigenvalue weighted by molar-refractivity contribution is 6.23. The molecule has 2 aromatic carbocycles. The molecule has 1 aliphatic heterocycles. The molecule has 22 heavy (non-hydrogen) atoms. The third-order valence-electron chi connectivity index (χ3n) is 4.36. The van der Waals surface area contributed by atoms with Crippen molar-refractivity contribution >= 4 is 17.6 Å². The summed E-state index contributed by atoms with van der Waals surface area (Å²) in [6.07, 6.45) is 0.886. The third-order valence-corrected chi connectivity index (χ3v) is 4.36. The molecule has 2 aliphatic rings. The Balaban J connectivity index is 1.74. The highest BCUT2D eigenvalue weighted by atomic mass is 19.1. The number of para-hydroxylation sites is 1. The highest BCUT2D eigenvalue weighted by Crippen LogP contribution is 2.36. The van der Waals surface area contributed by atoms with E-state index < -0.39 is 17.4 Å². The lowest BCUT2D eigenvalue weighted by Crippen LogP contribution is -2.48. The topological polar surface area (TPSA) is 49.4 Å². The molecule has 1 fully saturated rings. The summed E-state index contributed by atoms with van der Waals surface area (Å²) >= 11 is 0. The maximum Gasteiger partial charge on any atom is 0.329 e. The van der Waals surface area contributed by atoms with Crippen LogP contribution in [0.3, 0.4) is 0 Å². The first-order valence-corrected chi connectivity index (χ1v) is 7.09. The summed E-state index contributed by atoms with van der Waals surface area (Å²) in [5.41, 5.74) is 1.11. The number of carbonyl (C=O) groups is 2. The Kier molecular flexibility index (Phi) is 2.60. The van der Waals surface area contributed by atoms with Crippen LogP contribution in [0.25, 0.3) is 0 Å². The number of amides is 3.